The van der Waals surface area contributed by atoms with Gasteiger partial charge in [-0.1, -0.05) is 18.2 Å². The summed E-state index contributed by atoms with van der Waals surface area (Å²) < 4.78 is 5.51. The topological polar surface area (TPSA) is 99.8 Å². The first-order valence-corrected chi connectivity index (χ1v) is 8.95. The smallest absolute Gasteiger partial charge is 0.229 e. The van der Waals surface area contributed by atoms with E-state index in [9.17, 15) is 9.59 Å². The number of carbonyl (C=O) groups excluding carboxylic acids is 2. The third-order valence-electron chi connectivity index (χ3n) is 4.24. The lowest BCUT2D eigenvalue weighted by atomic mass is 10.1. The first-order valence-electron chi connectivity index (χ1n) is 8.95. The zero-order chi connectivity index (χ0) is 19.1. The Hall–Kier alpha value is -2.43. The number of likely N-dealkylation sites (tertiary alicyclic amines) is 1. The zero-order valence-corrected chi connectivity index (χ0v) is 18.0. The first-order chi connectivity index (χ1) is 13.2. The fraction of sp³-hybridized carbons (Fsp3) is 0.368. The van der Waals surface area contributed by atoms with Crippen molar-refractivity contribution >= 4 is 41.8 Å². The number of piperidine rings is 1. The molecule has 1 fully saturated rings. The number of benzene rings is 1. The highest BCUT2D eigenvalue weighted by atomic mass is 127. The summed E-state index contributed by atoms with van der Waals surface area (Å²) in [5, 5.41) is 6.24. The van der Waals surface area contributed by atoms with Crippen LogP contribution in [0.1, 0.15) is 25.0 Å². The lowest BCUT2D eigenvalue weighted by Crippen LogP contribution is -2.46. The maximum absolute atomic E-state index is 11.8. The van der Waals surface area contributed by atoms with Crippen molar-refractivity contribution in [3.05, 3.63) is 42.3 Å². The number of aliphatic imine (C=N–C) groups is 1. The van der Waals surface area contributed by atoms with Crippen LogP contribution in [-0.2, 0) is 16.1 Å². The molecule has 3 rings (SSSR count). The number of amides is 2. The molecule has 2 aromatic rings. The normalized spacial score (nSPS) is 14.6. The van der Waals surface area contributed by atoms with Crippen LogP contribution >= 0.6 is 24.0 Å². The molecular weight excluding hydrogens is 473 g/mol. The van der Waals surface area contributed by atoms with Crippen molar-refractivity contribution in [1.82, 2.24) is 20.5 Å². The summed E-state index contributed by atoms with van der Waals surface area (Å²) in [6.07, 6.45) is 3.13. The predicted molar refractivity (Wildman–Crippen MR) is 116 cm³/mol. The van der Waals surface area contributed by atoms with Crippen molar-refractivity contribution < 1.29 is 14.0 Å². The molecular formula is C19H24IN5O3. The van der Waals surface area contributed by atoms with Gasteiger partial charge in [-0.15, -0.1) is 24.0 Å². The first kappa shape index (κ1) is 21.9. The lowest BCUT2D eigenvalue weighted by molar-refractivity contribution is -0.147. The molecule has 1 aliphatic heterocycles. The number of halogens is 1. The van der Waals surface area contributed by atoms with Crippen LogP contribution in [0.2, 0.25) is 0 Å². The molecule has 28 heavy (non-hydrogen) atoms. The summed E-state index contributed by atoms with van der Waals surface area (Å²) in [4.78, 5) is 33.5. The van der Waals surface area contributed by atoms with Crippen molar-refractivity contribution in [3.63, 3.8) is 0 Å². The van der Waals surface area contributed by atoms with E-state index < -0.39 is 0 Å². The van der Waals surface area contributed by atoms with Crippen molar-refractivity contribution in [1.29, 1.82) is 0 Å². The number of imide groups is 1. The van der Waals surface area contributed by atoms with Crippen LogP contribution in [0.5, 0.6) is 0 Å². The third-order valence-corrected chi connectivity index (χ3v) is 4.24. The lowest BCUT2D eigenvalue weighted by Gasteiger charge is -2.25. The molecule has 0 spiro atoms. The second-order valence-corrected chi connectivity index (χ2v) is 6.16. The van der Waals surface area contributed by atoms with Gasteiger partial charge in [0.1, 0.15) is 6.26 Å². The van der Waals surface area contributed by atoms with E-state index in [0.717, 1.165) is 11.3 Å². The number of oxazole rings is 1. The minimum atomic E-state index is -0.105. The molecule has 1 saturated heterocycles. The van der Waals surface area contributed by atoms with Crippen molar-refractivity contribution in [2.24, 2.45) is 4.99 Å². The summed E-state index contributed by atoms with van der Waals surface area (Å²) in [7, 11) is 1.66. The Morgan fingerprint density at radius 2 is 1.89 bits per heavy atom. The average Bonchev–Trinajstić information content (AvgIpc) is 3.16. The minimum absolute atomic E-state index is 0. The third kappa shape index (κ3) is 5.78. The second-order valence-electron chi connectivity index (χ2n) is 6.16. The quantitative estimate of drug-likeness (QED) is 0.275. The summed E-state index contributed by atoms with van der Waals surface area (Å²) in [5.74, 6) is 0.924. The fourth-order valence-electron chi connectivity index (χ4n) is 2.83. The molecule has 2 amide bonds. The largest absolute Gasteiger partial charge is 0.444 e. The number of aromatic nitrogens is 1. The summed E-state index contributed by atoms with van der Waals surface area (Å²) in [6, 6.07) is 9.68. The molecule has 2 N–H and O–H groups in total. The van der Waals surface area contributed by atoms with E-state index in [-0.39, 0.29) is 35.8 Å². The number of nitrogens with zero attached hydrogens (tertiary/aromatic N) is 3. The van der Waals surface area contributed by atoms with Crippen LogP contribution in [0, 0.1) is 0 Å². The molecule has 2 heterocycles. The van der Waals surface area contributed by atoms with Gasteiger partial charge in [0.25, 0.3) is 0 Å². The maximum Gasteiger partial charge on any atom is 0.229 e. The van der Waals surface area contributed by atoms with Gasteiger partial charge in [0.15, 0.2) is 5.96 Å². The molecule has 1 aliphatic rings. The highest BCUT2D eigenvalue weighted by Gasteiger charge is 2.25. The fourth-order valence-corrected chi connectivity index (χ4v) is 2.83. The Bertz CT molecular complexity index is 806. The van der Waals surface area contributed by atoms with Crippen LogP contribution in [0.3, 0.4) is 0 Å². The standard InChI is InChI=1S/C19H23N5O3.HI/c1-20-19(21-10-11-24-16(25)8-5-9-17(24)26)22-12-15-13-27-18(23-15)14-6-3-2-4-7-14;/h2-4,6-7,13H,5,8-12H2,1H3,(H2,20,21,22);1H. The molecule has 8 nitrogen and oxygen atoms in total. The summed E-state index contributed by atoms with van der Waals surface area (Å²) in [5.41, 5.74) is 1.67. The molecule has 150 valence electrons. The number of nitrogens with one attached hydrogen (secondary N) is 2. The van der Waals surface area contributed by atoms with E-state index in [1.54, 1.807) is 13.3 Å². The van der Waals surface area contributed by atoms with Gasteiger partial charge < -0.3 is 15.1 Å². The summed E-state index contributed by atoms with van der Waals surface area (Å²) >= 11 is 0. The van der Waals surface area contributed by atoms with E-state index in [2.05, 4.69) is 20.6 Å². The average molecular weight is 497 g/mol. The highest BCUT2D eigenvalue weighted by Crippen LogP contribution is 2.17. The Morgan fingerprint density at radius 3 is 2.57 bits per heavy atom. The molecule has 9 heteroatoms. The molecule has 0 bridgehead atoms. The molecule has 0 unspecified atom stereocenters. The van der Waals surface area contributed by atoms with Crippen LogP contribution in [-0.4, -0.2) is 47.8 Å². The van der Waals surface area contributed by atoms with Gasteiger partial charge in [0.2, 0.25) is 17.7 Å². The number of hydrogen-bond acceptors (Lipinski definition) is 5. The molecule has 1 aromatic heterocycles. The van der Waals surface area contributed by atoms with Crippen LogP contribution in [0.25, 0.3) is 11.5 Å². The number of hydrogen-bond donors (Lipinski definition) is 2. The molecule has 0 saturated carbocycles. The van der Waals surface area contributed by atoms with Crippen LogP contribution in [0.15, 0.2) is 46.0 Å². The van der Waals surface area contributed by atoms with Gasteiger partial charge >= 0.3 is 0 Å². The van der Waals surface area contributed by atoms with E-state index in [0.29, 0.717) is 50.7 Å². The number of rotatable bonds is 6. The van der Waals surface area contributed by atoms with E-state index >= 15 is 0 Å². The van der Waals surface area contributed by atoms with Crippen molar-refractivity contribution in [3.8, 4) is 11.5 Å². The minimum Gasteiger partial charge on any atom is -0.444 e. The Labute approximate surface area is 180 Å². The van der Waals surface area contributed by atoms with E-state index in [4.69, 9.17) is 4.42 Å². The molecule has 0 radical (unpaired) electrons. The molecule has 1 aromatic carbocycles. The monoisotopic (exact) mass is 497 g/mol. The molecule has 0 aliphatic carbocycles. The Balaban J connectivity index is 0.00000280. The second kappa shape index (κ2) is 10.8. The van der Waals surface area contributed by atoms with Crippen molar-refractivity contribution in [2.75, 3.05) is 20.1 Å². The Morgan fingerprint density at radius 1 is 1.18 bits per heavy atom. The molecule has 0 atom stereocenters. The predicted octanol–water partition coefficient (Wildman–Crippen LogP) is 2.16. The number of guanidine groups is 1. The number of carbonyl (C=O) groups is 2. The van der Waals surface area contributed by atoms with Crippen molar-refractivity contribution in [2.45, 2.75) is 25.8 Å². The van der Waals surface area contributed by atoms with Crippen LogP contribution < -0.4 is 10.6 Å². The van der Waals surface area contributed by atoms with E-state index in [1.807, 2.05) is 30.3 Å². The van der Waals surface area contributed by atoms with Gasteiger partial charge in [0.05, 0.1) is 12.2 Å². The van der Waals surface area contributed by atoms with Gasteiger partial charge in [-0.05, 0) is 18.6 Å². The van der Waals surface area contributed by atoms with E-state index in [1.165, 1.54) is 4.90 Å². The maximum atomic E-state index is 11.8. The van der Waals surface area contributed by atoms with Crippen LogP contribution in [0.4, 0.5) is 0 Å². The van der Waals surface area contributed by atoms with Gasteiger partial charge in [-0.2, -0.15) is 0 Å². The Kier molecular flexibility index (Phi) is 8.42. The van der Waals surface area contributed by atoms with Gasteiger partial charge in [0, 0.05) is 38.5 Å². The highest BCUT2D eigenvalue weighted by molar-refractivity contribution is 14.0. The zero-order valence-electron chi connectivity index (χ0n) is 15.7. The summed E-state index contributed by atoms with van der Waals surface area (Å²) in [6.45, 7) is 1.21. The SMILES string of the molecule is CN=C(NCCN1C(=O)CCCC1=O)NCc1coc(-c2ccccc2)n1.I. The van der Waals surface area contributed by atoms with Gasteiger partial charge in [-0.3, -0.25) is 19.5 Å². The van der Waals surface area contributed by atoms with Gasteiger partial charge in [-0.25, -0.2) is 4.98 Å².